The molecule has 2 rings (SSSR count). The number of hydrogen-bond acceptors (Lipinski definition) is 2. The second kappa shape index (κ2) is 3.66. The molecule has 0 bridgehead atoms. The number of rotatable bonds is 2. The lowest BCUT2D eigenvalue weighted by molar-refractivity contribution is -0.138. The number of pyridine rings is 1. The first-order chi connectivity index (χ1) is 7.09. The minimum atomic E-state index is -0.843. The number of carboxylic acid groups (broad SMARTS) is 1. The third-order valence-electron chi connectivity index (χ3n) is 2.35. The van der Waals surface area contributed by atoms with Crippen LogP contribution in [-0.2, 0) is 4.79 Å². The van der Waals surface area contributed by atoms with Crippen molar-refractivity contribution in [1.82, 2.24) is 9.61 Å². The van der Waals surface area contributed by atoms with E-state index in [0.717, 1.165) is 15.6 Å². The quantitative estimate of drug-likeness (QED) is 0.909. The van der Waals surface area contributed by atoms with Gasteiger partial charge in [-0.3, -0.25) is 4.79 Å². The van der Waals surface area contributed by atoms with E-state index in [-0.39, 0.29) is 0 Å². The molecule has 0 saturated carbocycles. The predicted octanol–water partition coefficient (Wildman–Crippen LogP) is 2.28. The zero-order valence-corrected chi connectivity index (χ0v) is 9.60. The molecule has 1 unspecified atom stereocenters. The minimum absolute atomic E-state index is 0.545. The third-order valence-corrected chi connectivity index (χ3v) is 2.84. The number of carbonyl (C=O) groups is 1. The summed E-state index contributed by atoms with van der Waals surface area (Å²) in [7, 11) is 0. The molecule has 0 radical (unpaired) electrons. The molecule has 2 aromatic rings. The number of nitrogens with zero attached hydrogens (tertiary/aromatic N) is 2. The average molecular weight is 269 g/mol. The van der Waals surface area contributed by atoms with Crippen LogP contribution in [0.1, 0.15) is 18.4 Å². The molecule has 0 aliphatic carbocycles. The molecular formula is C10H9BrN2O2. The standard InChI is InChI=1S/C10H9BrN2O2/c1-6(10(14)15)8-5-12-13-3-2-7(11)4-9(8)13/h2-6H,1H3,(H,14,15). The van der Waals surface area contributed by atoms with Gasteiger partial charge in [0.1, 0.15) is 0 Å². The lowest BCUT2D eigenvalue weighted by Gasteiger charge is -2.03. The molecule has 0 aliphatic heterocycles. The van der Waals surface area contributed by atoms with Crippen LogP contribution in [0.3, 0.4) is 0 Å². The van der Waals surface area contributed by atoms with Crippen molar-refractivity contribution in [1.29, 1.82) is 0 Å². The van der Waals surface area contributed by atoms with E-state index < -0.39 is 11.9 Å². The summed E-state index contributed by atoms with van der Waals surface area (Å²) in [5.41, 5.74) is 1.54. The van der Waals surface area contributed by atoms with Crippen molar-refractivity contribution in [2.75, 3.05) is 0 Å². The molecule has 0 fully saturated rings. The summed E-state index contributed by atoms with van der Waals surface area (Å²) in [5, 5.41) is 13.0. The van der Waals surface area contributed by atoms with Crippen LogP contribution < -0.4 is 0 Å². The highest BCUT2D eigenvalue weighted by Gasteiger charge is 2.18. The largest absolute Gasteiger partial charge is 0.481 e. The maximum absolute atomic E-state index is 10.9. The highest BCUT2D eigenvalue weighted by molar-refractivity contribution is 9.10. The number of aliphatic carboxylic acids is 1. The van der Waals surface area contributed by atoms with E-state index in [1.807, 2.05) is 12.1 Å². The van der Waals surface area contributed by atoms with Gasteiger partial charge in [0.2, 0.25) is 0 Å². The smallest absolute Gasteiger partial charge is 0.310 e. The number of hydrogen-bond donors (Lipinski definition) is 1. The van der Waals surface area contributed by atoms with Gasteiger partial charge in [-0.05, 0) is 19.1 Å². The van der Waals surface area contributed by atoms with Crippen molar-refractivity contribution >= 4 is 27.4 Å². The molecule has 5 heteroatoms. The van der Waals surface area contributed by atoms with Gasteiger partial charge >= 0.3 is 5.97 Å². The van der Waals surface area contributed by atoms with Gasteiger partial charge in [-0.15, -0.1) is 0 Å². The van der Waals surface area contributed by atoms with Crippen molar-refractivity contribution < 1.29 is 9.90 Å². The normalized spacial score (nSPS) is 12.9. The van der Waals surface area contributed by atoms with Gasteiger partial charge in [-0.25, -0.2) is 4.52 Å². The molecule has 1 atom stereocenters. The fraction of sp³-hybridized carbons (Fsp3) is 0.200. The van der Waals surface area contributed by atoms with E-state index in [1.165, 1.54) is 0 Å². The summed E-state index contributed by atoms with van der Waals surface area (Å²) >= 11 is 3.35. The van der Waals surface area contributed by atoms with Crippen molar-refractivity contribution in [2.24, 2.45) is 0 Å². The Morgan fingerprint density at radius 3 is 3.07 bits per heavy atom. The van der Waals surface area contributed by atoms with E-state index in [0.29, 0.717) is 0 Å². The number of halogens is 1. The summed E-state index contributed by atoms with van der Waals surface area (Å²) < 4.78 is 2.58. The average Bonchev–Trinajstić information content (AvgIpc) is 2.59. The summed E-state index contributed by atoms with van der Waals surface area (Å²) in [6, 6.07) is 3.72. The topological polar surface area (TPSA) is 54.6 Å². The number of aromatic nitrogens is 2. The monoisotopic (exact) mass is 268 g/mol. The predicted molar refractivity (Wildman–Crippen MR) is 58.9 cm³/mol. The molecular weight excluding hydrogens is 260 g/mol. The van der Waals surface area contributed by atoms with Crippen LogP contribution >= 0.6 is 15.9 Å². The van der Waals surface area contributed by atoms with Gasteiger partial charge in [0, 0.05) is 16.2 Å². The van der Waals surface area contributed by atoms with Crippen LogP contribution in [0.4, 0.5) is 0 Å². The van der Waals surface area contributed by atoms with Gasteiger partial charge in [0.25, 0.3) is 0 Å². The Labute approximate surface area is 94.7 Å². The summed E-state index contributed by atoms with van der Waals surface area (Å²) in [6.45, 7) is 1.65. The van der Waals surface area contributed by atoms with Crippen LogP contribution in [0.2, 0.25) is 0 Å². The lowest BCUT2D eigenvalue weighted by Crippen LogP contribution is -2.06. The zero-order chi connectivity index (χ0) is 11.0. The first-order valence-electron chi connectivity index (χ1n) is 4.45. The van der Waals surface area contributed by atoms with Crippen molar-refractivity contribution in [3.05, 3.63) is 34.6 Å². The Morgan fingerprint density at radius 2 is 2.40 bits per heavy atom. The second-order valence-corrected chi connectivity index (χ2v) is 4.25. The van der Waals surface area contributed by atoms with Crippen LogP contribution in [0, 0.1) is 0 Å². The second-order valence-electron chi connectivity index (χ2n) is 3.33. The Balaban J connectivity index is 2.61. The van der Waals surface area contributed by atoms with E-state index in [2.05, 4.69) is 21.0 Å². The van der Waals surface area contributed by atoms with Gasteiger partial charge < -0.3 is 5.11 Å². The fourth-order valence-electron chi connectivity index (χ4n) is 1.44. The summed E-state index contributed by atoms with van der Waals surface area (Å²) in [5.74, 6) is -1.39. The molecule has 0 amide bonds. The lowest BCUT2D eigenvalue weighted by atomic mass is 10.0. The summed E-state index contributed by atoms with van der Waals surface area (Å²) in [6.07, 6.45) is 3.39. The Hall–Kier alpha value is -1.36. The first-order valence-corrected chi connectivity index (χ1v) is 5.24. The highest BCUT2D eigenvalue weighted by atomic mass is 79.9. The Kier molecular flexibility index (Phi) is 2.48. The maximum atomic E-state index is 10.9. The first kappa shape index (κ1) is 10.2. The molecule has 2 aromatic heterocycles. The maximum Gasteiger partial charge on any atom is 0.310 e. The van der Waals surface area contributed by atoms with E-state index in [1.54, 1.807) is 23.8 Å². The highest BCUT2D eigenvalue weighted by Crippen LogP contribution is 2.23. The molecule has 0 saturated heterocycles. The molecule has 1 N–H and O–H groups in total. The zero-order valence-electron chi connectivity index (χ0n) is 8.01. The van der Waals surface area contributed by atoms with Gasteiger partial charge in [-0.1, -0.05) is 15.9 Å². The van der Waals surface area contributed by atoms with E-state index >= 15 is 0 Å². The van der Waals surface area contributed by atoms with Gasteiger partial charge in [-0.2, -0.15) is 5.10 Å². The SMILES string of the molecule is CC(C(=O)O)c1cnn2ccc(Br)cc12. The van der Waals surface area contributed by atoms with E-state index in [9.17, 15) is 4.79 Å². The Bertz CT molecular complexity index is 521. The van der Waals surface area contributed by atoms with Gasteiger partial charge in [0.05, 0.1) is 17.6 Å². The van der Waals surface area contributed by atoms with Crippen molar-refractivity contribution in [2.45, 2.75) is 12.8 Å². The molecule has 15 heavy (non-hydrogen) atoms. The van der Waals surface area contributed by atoms with Gasteiger partial charge in [0.15, 0.2) is 0 Å². The summed E-state index contributed by atoms with van der Waals surface area (Å²) in [4.78, 5) is 10.9. The molecule has 2 heterocycles. The van der Waals surface area contributed by atoms with E-state index in [4.69, 9.17) is 5.11 Å². The molecule has 0 aliphatic rings. The number of fused-ring (bicyclic) bond motifs is 1. The van der Waals surface area contributed by atoms with Crippen molar-refractivity contribution in [3.63, 3.8) is 0 Å². The van der Waals surface area contributed by atoms with Crippen LogP contribution in [0.15, 0.2) is 29.0 Å². The Morgan fingerprint density at radius 1 is 1.67 bits per heavy atom. The fourth-order valence-corrected chi connectivity index (χ4v) is 1.78. The minimum Gasteiger partial charge on any atom is -0.481 e. The molecule has 0 spiro atoms. The molecule has 78 valence electrons. The molecule has 4 nitrogen and oxygen atoms in total. The van der Waals surface area contributed by atoms with Crippen LogP contribution in [0.25, 0.3) is 5.52 Å². The van der Waals surface area contributed by atoms with Crippen LogP contribution in [0.5, 0.6) is 0 Å². The van der Waals surface area contributed by atoms with Crippen LogP contribution in [-0.4, -0.2) is 20.7 Å². The third kappa shape index (κ3) is 1.74. The number of carboxylic acids is 1. The van der Waals surface area contributed by atoms with Crippen molar-refractivity contribution in [3.8, 4) is 0 Å². The molecule has 0 aromatic carbocycles.